The van der Waals surface area contributed by atoms with Crippen LogP contribution in [0.25, 0.3) is 11.6 Å². The van der Waals surface area contributed by atoms with Gasteiger partial charge in [0.2, 0.25) is 5.89 Å². The Balaban J connectivity index is 1.88. The summed E-state index contributed by atoms with van der Waals surface area (Å²) in [7, 11) is -3.71. The zero-order valence-corrected chi connectivity index (χ0v) is 14.7. The number of hydrogen-bond donors (Lipinski definition) is 2. The van der Waals surface area contributed by atoms with Gasteiger partial charge in [-0.2, -0.15) is 0 Å². The SMILES string of the molecule is Cc1nnc(-c2cc(S(=O)(=O)Nc3ccc(Br)c(C)c3)c[nH]2)o1. The zero-order valence-electron chi connectivity index (χ0n) is 12.3. The van der Waals surface area contributed by atoms with E-state index in [-0.39, 0.29) is 10.8 Å². The van der Waals surface area contributed by atoms with Crippen molar-refractivity contribution < 1.29 is 12.8 Å². The molecule has 0 atom stereocenters. The Labute approximate surface area is 141 Å². The molecule has 0 fully saturated rings. The summed E-state index contributed by atoms with van der Waals surface area (Å²) in [4.78, 5) is 2.91. The largest absolute Gasteiger partial charge is 0.420 e. The Morgan fingerprint density at radius 1 is 1.22 bits per heavy atom. The summed E-state index contributed by atoms with van der Waals surface area (Å²) in [6, 6.07) is 6.66. The van der Waals surface area contributed by atoms with Gasteiger partial charge < -0.3 is 9.40 Å². The van der Waals surface area contributed by atoms with Gasteiger partial charge in [-0.05, 0) is 36.8 Å². The lowest BCUT2D eigenvalue weighted by Gasteiger charge is -2.08. The van der Waals surface area contributed by atoms with Crippen molar-refractivity contribution in [3.05, 3.63) is 46.4 Å². The summed E-state index contributed by atoms with van der Waals surface area (Å²) < 4.78 is 33.6. The van der Waals surface area contributed by atoms with E-state index in [9.17, 15) is 8.42 Å². The Hall–Kier alpha value is -2.13. The van der Waals surface area contributed by atoms with E-state index in [1.807, 2.05) is 6.92 Å². The third-order valence-electron chi connectivity index (χ3n) is 3.13. The second-order valence-electron chi connectivity index (χ2n) is 4.94. The molecule has 0 amide bonds. The van der Waals surface area contributed by atoms with Crippen molar-refractivity contribution in [1.29, 1.82) is 0 Å². The van der Waals surface area contributed by atoms with Gasteiger partial charge in [0.05, 0.1) is 0 Å². The lowest BCUT2D eigenvalue weighted by Crippen LogP contribution is -2.12. The molecule has 2 N–H and O–H groups in total. The summed E-state index contributed by atoms with van der Waals surface area (Å²) >= 11 is 3.38. The van der Waals surface area contributed by atoms with Gasteiger partial charge in [-0.25, -0.2) is 8.42 Å². The molecule has 3 aromatic rings. The van der Waals surface area contributed by atoms with Gasteiger partial charge in [-0.3, -0.25) is 4.72 Å². The first-order chi connectivity index (χ1) is 10.8. The normalized spacial score (nSPS) is 11.6. The maximum atomic E-state index is 12.4. The second-order valence-corrected chi connectivity index (χ2v) is 7.48. The number of nitrogens with zero attached hydrogens (tertiary/aromatic N) is 2. The molecule has 0 saturated heterocycles. The highest BCUT2D eigenvalue weighted by Gasteiger charge is 2.19. The van der Waals surface area contributed by atoms with E-state index in [0.29, 0.717) is 17.3 Å². The number of benzene rings is 1. The molecule has 0 unspecified atom stereocenters. The molecular weight excluding hydrogens is 384 g/mol. The molecular formula is C14H13BrN4O3S. The molecule has 0 aliphatic rings. The highest BCUT2D eigenvalue weighted by Crippen LogP contribution is 2.24. The molecule has 23 heavy (non-hydrogen) atoms. The number of nitrogens with one attached hydrogen (secondary N) is 2. The van der Waals surface area contributed by atoms with Crippen molar-refractivity contribution in [2.24, 2.45) is 0 Å². The van der Waals surface area contributed by atoms with Crippen LogP contribution in [0.5, 0.6) is 0 Å². The van der Waals surface area contributed by atoms with Gasteiger partial charge in [0.25, 0.3) is 15.9 Å². The highest BCUT2D eigenvalue weighted by molar-refractivity contribution is 9.10. The molecule has 0 saturated carbocycles. The van der Waals surface area contributed by atoms with Crippen molar-refractivity contribution in [2.75, 3.05) is 4.72 Å². The van der Waals surface area contributed by atoms with Crippen LogP contribution < -0.4 is 4.72 Å². The number of sulfonamides is 1. The molecule has 2 heterocycles. The first-order valence-electron chi connectivity index (χ1n) is 6.63. The van der Waals surface area contributed by atoms with Crippen LogP contribution in [0.2, 0.25) is 0 Å². The number of aromatic amines is 1. The van der Waals surface area contributed by atoms with Crippen molar-refractivity contribution in [3.8, 4) is 11.6 Å². The Kier molecular flexibility index (Phi) is 3.99. The predicted octanol–water partition coefficient (Wildman–Crippen LogP) is 3.24. The smallest absolute Gasteiger partial charge is 0.264 e. The van der Waals surface area contributed by atoms with E-state index in [1.165, 1.54) is 12.3 Å². The molecule has 0 bridgehead atoms. The molecule has 3 rings (SSSR count). The molecule has 0 aliphatic heterocycles. The van der Waals surface area contributed by atoms with Gasteiger partial charge in [0.1, 0.15) is 10.6 Å². The van der Waals surface area contributed by atoms with Crippen LogP contribution in [0.3, 0.4) is 0 Å². The Morgan fingerprint density at radius 3 is 2.65 bits per heavy atom. The van der Waals surface area contributed by atoms with Crippen molar-refractivity contribution in [2.45, 2.75) is 18.7 Å². The average Bonchev–Trinajstić information content (AvgIpc) is 3.11. The van der Waals surface area contributed by atoms with E-state index < -0.39 is 10.0 Å². The second kappa shape index (κ2) is 5.82. The van der Waals surface area contributed by atoms with Crippen LogP contribution in [0.1, 0.15) is 11.5 Å². The predicted molar refractivity (Wildman–Crippen MR) is 88.5 cm³/mol. The van der Waals surface area contributed by atoms with Gasteiger partial charge in [-0.1, -0.05) is 15.9 Å². The fraction of sp³-hybridized carbons (Fsp3) is 0.143. The van der Waals surface area contributed by atoms with E-state index >= 15 is 0 Å². The van der Waals surface area contributed by atoms with Crippen LogP contribution in [0.4, 0.5) is 5.69 Å². The number of anilines is 1. The fourth-order valence-corrected chi connectivity index (χ4v) is 3.27. The van der Waals surface area contributed by atoms with E-state index in [2.05, 4.69) is 35.8 Å². The number of H-pyrrole nitrogens is 1. The van der Waals surface area contributed by atoms with Crippen molar-refractivity contribution in [1.82, 2.24) is 15.2 Å². The molecule has 1 aromatic carbocycles. The molecule has 120 valence electrons. The standard InChI is InChI=1S/C14H13BrN4O3S/c1-8-5-10(3-4-12(8)15)19-23(20,21)11-6-13(16-7-11)14-18-17-9(2)22-14/h3-7,16,19H,1-2H3. The van der Waals surface area contributed by atoms with E-state index in [0.717, 1.165) is 10.0 Å². The summed E-state index contributed by atoms with van der Waals surface area (Å²) in [5.74, 6) is 0.644. The molecule has 2 aromatic heterocycles. The fourth-order valence-electron chi connectivity index (χ4n) is 1.98. The summed E-state index contributed by atoms with van der Waals surface area (Å²) in [6.45, 7) is 3.54. The summed E-state index contributed by atoms with van der Waals surface area (Å²) in [5, 5.41) is 7.56. The number of rotatable bonds is 4. The Morgan fingerprint density at radius 2 is 2.00 bits per heavy atom. The molecule has 0 aliphatic carbocycles. The topological polar surface area (TPSA) is 101 Å². The van der Waals surface area contributed by atoms with E-state index in [1.54, 1.807) is 25.1 Å². The number of aromatic nitrogens is 3. The zero-order chi connectivity index (χ0) is 16.6. The third-order valence-corrected chi connectivity index (χ3v) is 5.38. The third kappa shape index (κ3) is 3.30. The van der Waals surface area contributed by atoms with Crippen LogP contribution in [-0.4, -0.2) is 23.6 Å². The van der Waals surface area contributed by atoms with Crippen LogP contribution in [-0.2, 0) is 10.0 Å². The van der Waals surface area contributed by atoms with Crippen LogP contribution in [0.15, 0.2) is 44.2 Å². The first-order valence-corrected chi connectivity index (χ1v) is 8.90. The summed E-state index contributed by atoms with van der Waals surface area (Å²) in [5.41, 5.74) is 1.86. The molecule has 0 radical (unpaired) electrons. The number of hydrogen-bond acceptors (Lipinski definition) is 5. The molecule has 7 nitrogen and oxygen atoms in total. The highest BCUT2D eigenvalue weighted by atomic mass is 79.9. The van der Waals surface area contributed by atoms with E-state index in [4.69, 9.17) is 4.42 Å². The summed E-state index contributed by atoms with van der Waals surface area (Å²) in [6.07, 6.45) is 1.38. The monoisotopic (exact) mass is 396 g/mol. The number of halogens is 1. The Bertz CT molecular complexity index is 962. The lowest BCUT2D eigenvalue weighted by molar-refractivity contribution is 0.531. The maximum Gasteiger partial charge on any atom is 0.264 e. The van der Waals surface area contributed by atoms with Gasteiger partial charge >= 0.3 is 0 Å². The minimum absolute atomic E-state index is 0.0870. The minimum atomic E-state index is -3.71. The van der Waals surface area contributed by atoms with Gasteiger partial charge in [0.15, 0.2) is 0 Å². The lowest BCUT2D eigenvalue weighted by atomic mass is 10.2. The molecule has 9 heteroatoms. The van der Waals surface area contributed by atoms with Crippen molar-refractivity contribution in [3.63, 3.8) is 0 Å². The average molecular weight is 397 g/mol. The van der Waals surface area contributed by atoms with Gasteiger partial charge in [-0.15, -0.1) is 10.2 Å². The first kappa shape index (κ1) is 15.8. The molecule has 0 spiro atoms. The van der Waals surface area contributed by atoms with Crippen LogP contribution in [0, 0.1) is 13.8 Å². The minimum Gasteiger partial charge on any atom is -0.420 e. The maximum absolute atomic E-state index is 12.4. The quantitative estimate of drug-likeness (QED) is 0.704. The number of aryl methyl sites for hydroxylation is 2. The van der Waals surface area contributed by atoms with Crippen molar-refractivity contribution >= 4 is 31.6 Å². The van der Waals surface area contributed by atoms with Crippen LogP contribution >= 0.6 is 15.9 Å². The van der Waals surface area contributed by atoms with Gasteiger partial charge in [0, 0.05) is 23.3 Å².